The van der Waals surface area contributed by atoms with E-state index in [2.05, 4.69) is 40.6 Å². The minimum atomic E-state index is -4.76. The topological polar surface area (TPSA) is 76.4 Å². The number of nitrogens with zero attached hydrogens (tertiary/aromatic N) is 2. The molecule has 0 radical (unpaired) electrons. The zero-order valence-corrected chi connectivity index (χ0v) is 21.0. The van der Waals surface area contributed by atoms with Crippen LogP contribution in [0.4, 0.5) is 24.8 Å². The number of hydrogen-bond donors (Lipinski definition) is 2. The van der Waals surface area contributed by atoms with Crippen LogP contribution in [-0.4, -0.2) is 27.0 Å². The Bertz CT molecular complexity index is 1480. The molecule has 2 N–H and O–H groups in total. The number of imidazole rings is 1. The lowest BCUT2D eigenvalue weighted by molar-refractivity contribution is -0.274. The molecule has 1 aliphatic rings. The summed E-state index contributed by atoms with van der Waals surface area (Å²) in [6.45, 7) is 4.49. The Morgan fingerprint density at radius 2 is 1.87 bits per heavy atom. The lowest BCUT2D eigenvalue weighted by Crippen LogP contribution is -2.29. The molecule has 0 bridgehead atoms. The van der Waals surface area contributed by atoms with E-state index >= 15 is 0 Å². The Balaban J connectivity index is 1.57. The van der Waals surface area contributed by atoms with Crippen molar-refractivity contribution in [2.75, 3.05) is 5.32 Å². The molecule has 1 aromatic heterocycles. The van der Waals surface area contributed by atoms with E-state index in [-0.39, 0.29) is 23.6 Å². The largest absolute Gasteiger partial charge is 0.573 e. The third-order valence-corrected chi connectivity index (χ3v) is 7.13. The van der Waals surface area contributed by atoms with Crippen LogP contribution >= 0.6 is 0 Å². The summed E-state index contributed by atoms with van der Waals surface area (Å²) < 4.78 is 43.9. The van der Waals surface area contributed by atoms with Gasteiger partial charge >= 0.3 is 12.3 Å². The molecule has 0 aliphatic heterocycles. The highest BCUT2D eigenvalue weighted by atomic mass is 19.4. The van der Waals surface area contributed by atoms with Gasteiger partial charge < -0.3 is 19.7 Å². The number of halogens is 3. The van der Waals surface area contributed by atoms with E-state index in [1.807, 2.05) is 30.3 Å². The molecule has 198 valence electrons. The van der Waals surface area contributed by atoms with E-state index in [4.69, 9.17) is 10.1 Å². The number of aliphatic carboxylic acids is 1. The molecular weight excluding hydrogens is 495 g/mol. The van der Waals surface area contributed by atoms with Crippen LogP contribution < -0.4 is 10.1 Å². The fourth-order valence-electron chi connectivity index (χ4n) is 5.28. The molecule has 0 saturated heterocycles. The number of rotatable bonds is 7. The standard InChI is InChI=1S/C29H28F3N3O3/c1-28(2)16-15-24(21-5-3-4-6-22(21)28)35-25-13-7-18(8-14-26(36)37)17-23(25)34-27(35)33-19-9-11-20(12-10-19)38-29(30,31)32/h3-7,9-13,17,24H,8,14-16H2,1-2H3,(H,33,34)(H,36,37)/t24-/m1/s1. The van der Waals surface area contributed by atoms with Gasteiger partial charge in [-0.3, -0.25) is 4.79 Å². The number of anilines is 2. The molecule has 1 aliphatic carbocycles. The summed E-state index contributed by atoms with van der Waals surface area (Å²) in [4.78, 5) is 15.9. The number of aryl methyl sites for hydroxylation is 1. The predicted octanol–water partition coefficient (Wildman–Crippen LogP) is 7.36. The van der Waals surface area contributed by atoms with Gasteiger partial charge in [-0.05, 0) is 77.8 Å². The highest BCUT2D eigenvalue weighted by Gasteiger charge is 2.35. The molecule has 0 unspecified atom stereocenters. The summed E-state index contributed by atoms with van der Waals surface area (Å²) >= 11 is 0. The molecule has 5 rings (SSSR count). The number of carboxylic acid groups (broad SMARTS) is 1. The summed E-state index contributed by atoms with van der Waals surface area (Å²) in [6.07, 6.45) is -2.50. The number of ether oxygens (including phenoxy) is 1. The Kier molecular flexibility index (Phi) is 6.54. The molecule has 9 heteroatoms. The molecule has 0 fully saturated rings. The molecule has 1 atom stereocenters. The maximum atomic E-state index is 12.6. The smallest absolute Gasteiger partial charge is 0.481 e. The van der Waals surface area contributed by atoms with Gasteiger partial charge in [0, 0.05) is 12.1 Å². The van der Waals surface area contributed by atoms with Crippen molar-refractivity contribution >= 4 is 28.6 Å². The third-order valence-electron chi connectivity index (χ3n) is 7.13. The zero-order chi connectivity index (χ0) is 27.1. The van der Waals surface area contributed by atoms with Crippen LogP contribution in [0.2, 0.25) is 0 Å². The minimum absolute atomic E-state index is 0.00979. The fourth-order valence-corrected chi connectivity index (χ4v) is 5.28. The number of fused-ring (bicyclic) bond motifs is 2. The predicted molar refractivity (Wildman–Crippen MR) is 139 cm³/mol. The molecule has 0 spiro atoms. The lowest BCUT2D eigenvalue weighted by atomic mass is 9.71. The molecule has 4 aromatic rings. The van der Waals surface area contributed by atoms with Crippen molar-refractivity contribution in [1.29, 1.82) is 0 Å². The second-order valence-corrected chi connectivity index (χ2v) is 10.2. The van der Waals surface area contributed by atoms with Crippen molar-refractivity contribution in [3.8, 4) is 5.75 Å². The van der Waals surface area contributed by atoms with Gasteiger partial charge in [0.25, 0.3) is 0 Å². The first kappa shape index (κ1) is 25.6. The summed E-state index contributed by atoms with van der Waals surface area (Å²) in [7, 11) is 0. The van der Waals surface area contributed by atoms with E-state index in [9.17, 15) is 18.0 Å². The summed E-state index contributed by atoms with van der Waals surface area (Å²) in [5, 5.41) is 12.4. The lowest BCUT2D eigenvalue weighted by Gasteiger charge is -2.38. The van der Waals surface area contributed by atoms with Crippen LogP contribution in [0.5, 0.6) is 5.75 Å². The van der Waals surface area contributed by atoms with Gasteiger partial charge in [-0.2, -0.15) is 0 Å². The van der Waals surface area contributed by atoms with Gasteiger partial charge in [0.2, 0.25) is 5.95 Å². The van der Waals surface area contributed by atoms with Crippen LogP contribution in [0.15, 0.2) is 66.7 Å². The molecule has 38 heavy (non-hydrogen) atoms. The van der Waals surface area contributed by atoms with Crippen molar-refractivity contribution in [1.82, 2.24) is 9.55 Å². The third kappa shape index (κ3) is 5.32. The van der Waals surface area contributed by atoms with Gasteiger partial charge in [0.1, 0.15) is 5.75 Å². The maximum Gasteiger partial charge on any atom is 0.573 e. The van der Waals surface area contributed by atoms with Gasteiger partial charge in [-0.1, -0.05) is 44.2 Å². The molecule has 6 nitrogen and oxygen atoms in total. The molecule has 0 amide bonds. The van der Waals surface area contributed by atoms with E-state index in [1.165, 1.54) is 35.4 Å². The number of alkyl halides is 3. The number of carbonyl (C=O) groups is 1. The molecular formula is C29H28F3N3O3. The SMILES string of the molecule is CC1(C)CC[C@@H](n2c(Nc3ccc(OC(F)(F)F)cc3)nc3cc(CCC(=O)O)ccc32)c2ccccc21. The van der Waals surface area contributed by atoms with Gasteiger partial charge in [-0.25, -0.2) is 4.98 Å². The fraction of sp³-hybridized carbons (Fsp3) is 0.310. The highest BCUT2D eigenvalue weighted by Crippen LogP contribution is 2.45. The first-order chi connectivity index (χ1) is 18.0. The summed E-state index contributed by atoms with van der Waals surface area (Å²) in [5.74, 6) is -0.611. The molecule has 3 aromatic carbocycles. The summed E-state index contributed by atoms with van der Waals surface area (Å²) in [6, 6.07) is 19.7. The molecule has 1 heterocycles. The molecule has 0 saturated carbocycles. The zero-order valence-electron chi connectivity index (χ0n) is 21.0. The van der Waals surface area contributed by atoms with Crippen molar-refractivity contribution < 1.29 is 27.8 Å². The van der Waals surface area contributed by atoms with Crippen LogP contribution in [0, 0.1) is 0 Å². The number of hydrogen-bond acceptors (Lipinski definition) is 4. The average Bonchev–Trinajstić information content (AvgIpc) is 3.20. The van der Waals surface area contributed by atoms with Crippen LogP contribution in [-0.2, 0) is 16.6 Å². The van der Waals surface area contributed by atoms with Crippen LogP contribution in [0.1, 0.15) is 55.8 Å². The Labute approximate surface area is 218 Å². The van der Waals surface area contributed by atoms with E-state index in [0.717, 1.165) is 29.4 Å². The second kappa shape index (κ2) is 9.70. The Hall–Kier alpha value is -4.01. The second-order valence-electron chi connectivity index (χ2n) is 10.2. The van der Waals surface area contributed by atoms with E-state index in [0.29, 0.717) is 18.1 Å². The van der Waals surface area contributed by atoms with Crippen molar-refractivity contribution in [3.05, 3.63) is 83.4 Å². The van der Waals surface area contributed by atoms with Gasteiger partial charge in [0.15, 0.2) is 0 Å². The number of nitrogens with one attached hydrogen (secondary N) is 1. The van der Waals surface area contributed by atoms with E-state index < -0.39 is 12.3 Å². The van der Waals surface area contributed by atoms with Crippen LogP contribution in [0.25, 0.3) is 11.0 Å². The number of benzene rings is 3. The van der Waals surface area contributed by atoms with Gasteiger partial charge in [-0.15, -0.1) is 13.2 Å². The van der Waals surface area contributed by atoms with Crippen molar-refractivity contribution in [2.24, 2.45) is 0 Å². The first-order valence-electron chi connectivity index (χ1n) is 12.4. The Morgan fingerprint density at radius 1 is 1.13 bits per heavy atom. The number of carboxylic acids is 1. The first-order valence-corrected chi connectivity index (χ1v) is 12.4. The minimum Gasteiger partial charge on any atom is -0.481 e. The van der Waals surface area contributed by atoms with Gasteiger partial charge in [0.05, 0.1) is 17.1 Å². The monoisotopic (exact) mass is 523 g/mol. The highest BCUT2D eigenvalue weighted by molar-refractivity contribution is 5.81. The Morgan fingerprint density at radius 3 is 2.58 bits per heavy atom. The van der Waals surface area contributed by atoms with Crippen molar-refractivity contribution in [3.63, 3.8) is 0 Å². The quantitative estimate of drug-likeness (QED) is 0.265. The van der Waals surface area contributed by atoms with Crippen LogP contribution in [0.3, 0.4) is 0 Å². The van der Waals surface area contributed by atoms with E-state index in [1.54, 1.807) is 0 Å². The summed E-state index contributed by atoms with van der Waals surface area (Å²) in [5.41, 5.74) is 5.54. The number of aromatic nitrogens is 2. The maximum absolute atomic E-state index is 12.6. The average molecular weight is 524 g/mol. The van der Waals surface area contributed by atoms with Crippen molar-refractivity contribution in [2.45, 2.75) is 57.3 Å². The normalized spacial score (nSPS) is 16.7.